The zero-order valence-corrected chi connectivity index (χ0v) is 12.0. The van der Waals surface area contributed by atoms with E-state index >= 15 is 0 Å². The molecule has 0 unspecified atom stereocenters. The van der Waals surface area contributed by atoms with E-state index in [2.05, 4.69) is 41.2 Å². The van der Waals surface area contributed by atoms with Gasteiger partial charge in [-0.05, 0) is 24.6 Å². The highest BCUT2D eigenvalue weighted by molar-refractivity contribution is 5.89. The molecule has 0 atom stereocenters. The van der Waals surface area contributed by atoms with E-state index in [1.54, 1.807) is 12.1 Å². The zero-order valence-electron chi connectivity index (χ0n) is 12.0. The number of aryl methyl sites for hydroxylation is 1. The van der Waals surface area contributed by atoms with E-state index in [-0.39, 0.29) is 5.82 Å². The standard InChI is InChI=1S/C17H16FN3/c1-12-6-8-13(9-7-12)10-21(2)17-16-14(18)4-3-5-15(16)19-11-20-17/h3-9,11H,10H2,1-2H3. The second-order valence-electron chi connectivity index (χ2n) is 5.17. The predicted octanol–water partition coefficient (Wildman–Crippen LogP) is 3.71. The fourth-order valence-electron chi connectivity index (χ4n) is 2.38. The van der Waals surface area contributed by atoms with Gasteiger partial charge in [-0.2, -0.15) is 0 Å². The van der Waals surface area contributed by atoms with Crippen LogP contribution >= 0.6 is 0 Å². The van der Waals surface area contributed by atoms with E-state index in [1.807, 2.05) is 11.9 Å². The Hall–Kier alpha value is -2.49. The Bertz CT molecular complexity index is 763. The van der Waals surface area contributed by atoms with Crippen molar-refractivity contribution in [1.82, 2.24) is 9.97 Å². The highest BCUT2D eigenvalue weighted by atomic mass is 19.1. The Morgan fingerprint density at radius 1 is 1.05 bits per heavy atom. The van der Waals surface area contributed by atoms with Crippen molar-refractivity contribution in [2.45, 2.75) is 13.5 Å². The maximum absolute atomic E-state index is 14.1. The van der Waals surface area contributed by atoms with Gasteiger partial charge in [0.15, 0.2) is 0 Å². The molecule has 0 radical (unpaired) electrons. The number of halogens is 1. The number of aromatic nitrogens is 2. The molecule has 0 aliphatic carbocycles. The summed E-state index contributed by atoms with van der Waals surface area (Å²) in [5.74, 6) is 0.317. The van der Waals surface area contributed by atoms with Gasteiger partial charge >= 0.3 is 0 Å². The maximum atomic E-state index is 14.1. The molecule has 21 heavy (non-hydrogen) atoms. The summed E-state index contributed by atoms with van der Waals surface area (Å²) < 4.78 is 14.1. The number of anilines is 1. The molecule has 0 spiro atoms. The van der Waals surface area contributed by atoms with Crippen molar-refractivity contribution >= 4 is 16.7 Å². The molecule has 106 valence electrons. The topological polar surface area (TPSA) is 29.0 Å². The highest BCUT2D eigenvalue weighted by Crippen LogP contribution is 2.25. The SMILES string of the molecule is Cc1ccc(CN(C)c2ncnc3cccc(F)c23)cc1. The summed E-state index contributed by atoms with van der Waals surface area (Å²) in [6, 6.07) is 13.2. The Labute approximate surface area is 123 Å². The van der Waals surface area contributed by atoms with Gasteiger partial charge in [0.1, 0.15) is 18.0 Å². The molecule has 3 aromatic rings. The molecule has 4 heteroatoms. The van der Waals surface area contributed by atoms with Gasteiger partial charge in [-0.15, -0.1) is 0 Å². The van der Waals surface area contributed by atoms with E-state index in [0.29, 0.717) is 23.3 Å². The fraction of sp³-hybridized carbons (Fsp3) is 0.176. The Morgan fingerprint density at radius 2 is 1.81 bits per heavy atom. The molecular formula is C17H16FN3. The molecule has 0 fully saturated rings. The molecule has 0 N–H and O–H groups in total. The zero-order chi connectivity index (χ0) is 14.8. The summed E-state index contributed by atoms with van der Waals surface area (Å²) in [4.78, 5) is 10.3. The van der Waals surface area contributed by atoms with Crippen molar-refractivity contribution < 1.29 is 4.39 Å². The Kier molecular flexibility index (Phi) is 3.52. The highest BCUT2D eigenvalue weighted by Gasteiger charge is 2.12. The van der Waals surface area contributed by atoms with Crippen LogP contribution in [0, 0.1) is 12.7 Å². The van der Waals surface area contributed by atoms with Crippen molar-refractivity contribution in [2.24, 2.45) is 0 Å². The monoisotopic (exact) mass is 281 g/mol. The lowest BCUT2D eigenvalue weighted by Crippen LogP contribution is -2.18. The van der Waals surface area contributed by atoms with Gasteiger partial charge in [-0.1, -0.05) is 35.9 Å². The van der Waals surface area contributed by atoms with Crippen LogP contribution in [-0.4, -0.2) is 17.0 Å². The molecular weight excluding hydrogens is 265 g/mol. The molecule has 1 heterocycles. The van der Waals surface area contributed by atoms with Crippen LogP contribution in [0.15, 0.2) is 48.8 Å². The Morgan fingerprint density at radius 3 is 2.57 bits per heavy atom. The van der Waals surface area contributed by atoms with Crippen LogP contribution in [-0.2, 0) is 6.54 Å². The van der Waals surface area contributed by atoms with E-state index in [0.717, 1.165) is 5.56 Å². The van der Waals surface area contributed by atoms with Gasteiger partial charge in [0.2, 0.25) is 0 Å². The molecule has 0 saturated carbocycles. The van der Waals surface area contributed by atoms with E-state index in [1.165, 1.54) is 18.0 Å². The average molecular weight is 281 g/mol. The van der Waals surface area contributed by atoms with Crippen LogP contribution in [0.4, 0.5) is 10.2 Å². The normalized spacial score (nSPS) is 10.8. The van der Waals surface area contributed by atoms with E-state index < -0.39 is 0 Å². The van der Waals surface area contributed by atoms with Crippen molar-refractivity contribution in [2.75, 3.05) is 11.9 Å². The van der Waals surface area contributed by atoms with Gasteiger partial charge < -0.3 is 4.90 Å². The van der Waals surface area contributed by atoms with Gasteiger partial charge in [0.05, 0.1) is 10.9 Å². The van der Waals surface area contributed by atoms with Crippen molar-refractivity contribution in [3.8, 4) is 0 Å². The Balaban J connectivity index is 1.98. The average Bonchev–Trinajstić information content (AvgIpc) is 2.49. The third-order valence-corrected chi connectivity index (χ3v) is 3.49. The van der Waals surface area contributed by atoms with Crippen molar-refractivity contribution in [3.05, 3.63) is 65.7 Å². The molecule has 0 aliphatic heterocycles. The summed E-state index contributed by atoms with van der Waals surface area (Å²) in [5.41, 5.74) is 3.00. The summed E-state index contributed by atoms with van der Waals surface area (Å²) >= 11 is 0. The minimum atomic E-state index is -0.293. The second-order valence-corrected chi connectivity index (χ2v) is 5.17. The van der Waals surface area contributed by atoms with E-state index in [4.69, 9.17) is 0 Å². The minimum absolute atomic E-state index is 0.293. The predicted molar refractivity (Wildman–Crippen MR) is 82.8 cm³/mol. The molecule has 3 nitrogen and oxygen atoms in total. The number of nitrogens with zero attached hydrogens (tertiary/aromatic N) is 3. The first kappa shape index (κ1) is 13.5. The fourth-order valence-corrected chi connectivity index (χ4v) is 2.38. The molecule has 1 aromatic heterocycles. The number of fused-ring (bicyclic) bond motifs is 1. The van der Waals surface area contributed by atoms with Crippen LogP contribution in [0.5, 0.6) is 0 Å². The van der Waals surface area contributed by atoms with Crippen LogP contribution in [0.2, 0.25) is 0 Å². The molecule has 0 bridgehead atoms. The summed E-state index contributed by atoms with van der Waals surface area (Å²) in [7, 11) is 1.91. The van der Waals surface area contributed by atoms with Crippen LogP contribution in [0.1, 0.15) is 11.1 Å². The van der Waals surface area contributed by atoms with Crippen LogP contribution in [0.3, 0.4) is 0 Å². The third-order valence-electron chi connectivity index (χ3n) is 3.49. The smallest absolute Gasteiger partial charge is 0.142 e. The first-order valence-electron chi connectivity index (χ1n) is 6.81. The molecule has 2 aromatic carbocycles. The third kappa shape index (κ3) is 2.70. The van der Waals surface area contributed by atoms with Gasteiger partial charge in [0, 0.05) is 13.6 Å². The number of benzene rings is 2. The lowest BCUT2D eigenvalue weighted by atomic mass is 10.1. The van der Waals surface area contributed by atoms with Gasteiger partial charge in [-0.25, -0.2) is 14.4 Å². The number of hydrogen-bond donors (Lipinski definition) is 0. The quantitative estimate of drug-likeness (QED) is 0.732. The van der Waals surface area contributed by atoms with Gasteiger partial charge in [0.25, 0.3) is 0 Å². The lowest BCUT2D eigenvalue weighted by molar-refractivity contribution is 0.638. The molecule has 0 saturated heterocycles. The lowest BCUT2D eigenvalue weighted by Gasteiger charge is -2.20. The number of rotatable bonds is 3. The largest absolute Gasteiger partial charge is 0.355 e. The first-order valence-corrected chi connectivity index (χ1v) is 6.81. The molecule has 0 amide bonds. The second kappa shape index (κ2) is 5.48. The summed E-state index contributed by atoms with van der Waals surface area (Å²) in [6.45, 7) is 2.72. The van der Waals surface area contributed by atoms with Crippen LogP contribution < -0.4 is 4.90 Å². The molecule has 0 aliphatic rings. The van der Waals surface area contributed by atoms with Crippen LogP contribution in [0.25, 0.3) is 10.9 Å². The molecule has 3 rings (SSSR count). The van der Waals surface area contributed by atoms with Gasteiger partial charge in [-0.3, -0.25) is 0 Å². The van der Waals surface area contributed by atoms with Crippen molar-refractivity contribution in [1.29, 1.82) is 0 Å². The first-order chi connectivity index (χ1) is 10.1. The van der Waals surface area contributed by atoms with E-state index in [9.17, 15) is 4.39 Å². The summed E-state index contributed by atoms with van der Waals surface area (Å²) in [6.07, 6.45) is 1.47. The minimum Gasteiger partial charge on any atom is -0.355 e. The summed E-state index contributed by atoms with van der Waals surface area (Å²) in [5, 5.41) is 0.467. The van der Waals surface area contributed by atoms with Crippen molar-refractivity contribution in [3.63, 3.8) is 0 Å². The number of hydrogen-bond acceptors (Lipinski definition) is 3. The maximum Gasteiger partial charge on any atom is 0.142 e.